The maximum atomic E-state index is 3.71. The molecule has 1 rings (SSSR count). The summed E-state index contributed by atoms with van der Waals surface area (Å²) < 4.78 is 0. The van der Waals surface area contributed by atoms with E-state index >= 15 is 0 Å². The molecule has 2 unspecified atom stereocenters. The van der Waals surface area contributed by atoms with E-state index in [-0.39, 0.29) is 0 Å². The molecule has 0 amide bonds. The van der Waals surface area contributed by atoms with E-state index in [2.05, 4.69) is 70.0 Å². The second-order valence-corrected chi connectivity index (χ2v) is 5.59. The van der Waals surface area contributed by atoms with Crippen molar-refractivity contribution in [2.24, 2.45) is 0 Å². The van der Waals surface area contributed by atoms with Crippen molar-refractivity contribution in [2.45, 2.75) is 36.3 Å². The van der Waals surface area contributed by atoms with Crippen LogP contribution in [0.4, 0.5) is 0 Å². The van der Waals surface area contributed by atoms with Crippen molar-refractivity contribution >= 4 is 31.9 Å². The van der Waals surface area contributed by atoms with Crippen LogP contribution >= 0.6 is 31.9 Å². The maximum absolute atomic E-state index is 3.71. The average molecular weight is 320 g/mol. The molecule has 0 aliphatic heterocycles. The third-order valence-corrected chi connectivity index (χ3v) is 4.67. The van der Waals surface area contributed by atoms with Gasteiger partial charge in [-0.3, -0.25) is 0 Å². The van der Waals surface area contributed by atoms with Gasteiger partial charge in [-0.1, -0.05) is 70.0 Å². The van der Waals surface area contributed by atoms with Crippen LogP contribution in [0.2, 0.25) is 0 Å². The number of halogens is 2. The van der Waals surface area contributed by atoms with E-state index in [9.17, 15) is 0 Å². The molecule has 2 heteroatoms. The highest BCUT2D eigenvalue weighted by Crippen LogP contribution is 2.36. The first kappa shape index (κ1) is 12.3. The Labute approximate surface area is 103 Å². The highest BCUT2D eigenvalue weighted by molar-refractivity contribution is 9.09. The molecule has 0 saturated carbocycles. The van der Waals surface area contributed by atoms with E-state index in [4.69, 9.17) is 0 Å². The van der Waals surface area contributed by atoms with Crippen LogP contribution in [0.5, 0.6) is 0 Å². The lowest BCUT2D eigenvalue weighted by atomic mass is 10.00. The lowest BCUT2D eigenvalue weighted by Crippen LogP contribution is -1.97. The fraction of sp³-hybridized carbons (Fsp3) is 0.500. The Balaban J connectivity index is 3.02. The number of hydrogen-bond donors (Lipinski definition) is 0. The third kappa shape index (κ3) is 2.83. The molecule has 0 bridgehead atoms. The quantitative estimate of drug-likeness (QED) is 0.654. The van der Waals surface area contributed by atoms with Crippen molar-refractivity contribution in [3.63, 3.8) is 0 Å². The standard InChI is InChI=1S/C12H16Br2/c1-3-11(13)9-7-5-6-8-10(9)12(14)4-2/h5-8,11-12H,3-4H2,1-2H3. The summed E-state index contributed by atoms with van der Waals surface area (Å²) in [7, 11) is 0. The second-order valence-electron chi connectivity index (χ2n) is 3.38. The van der Waals surface area contributed by atoms with E-state index in [1.54, 1.807) is 0 Å². The minimum Gasteiger partial charge on any atom is -0.0839 e. The van der Waals surface area contributed by atoms with Gasteiger partial charge in [-0.2, -0.15) is 0 Å². The van der Waals surface area contributed by atoms with Gasteiger partial charge in [-0.25, -0.2) is 0 Å². The van der Waals surface area contributed by atoms with E-state index < -0.39 is 0 Å². The van der Waals surface area contributed by atoms with Gasteiger partial charge in [0.15, 0.2) is 0 Å². The van der Waals surface area contributed by atoms with Crippen molar-refractivity contribution in [3.8, 4) is 0 Å². The molecular weight excluding hydrogens is 304 g/mol. The van der Waals surface area contributed by atoms with Crippen LogP contribution < -0.4 is 0 Å². The first-order valence-corrected chi connectivity index (χ1v) is 6.90. The molecule has 0 aliphatic carbocycles. The molecule has 78 valence electrons. The van der Waals surface area contributed by atoms with Gasteiger partial charge in [0.2, 0.25) is 0 Å². The van der Waals surface area contributed by atoms with Crippen LogP contribution in [-0.2, 0) is 0 Å². The monoisotopic (exact) mass is 318 g/mol. The van der Waals surface area contributed by atoms with Crippen LogP contribution in [0.25, 0.3) is 0 Å². The minimum atomic E-state index is 0.477. The Morgan fingerprint density at radius 1 is 0.929 bits per heavy atom. The number of rotatable bonds is 4. The van der Waals surface area contributed by atoms with Gasteiger partial charge in [0.05, 0.1) is 0 Å². The summed E-state index contributed by atoms with van der Waals surface area (Å²) in [5.74, 6) is 0. The zero-order valence-corrected chi connectivity index (χ0v) is 11.8. The summed E-state index contributed by atoms with van der Waals surface area (Å²) >= 11 is 7.42. The molecule has 0 heterocycles. The molecule has 14 heavy (non-hydrogen) atoms. The van der Waals surface area contributed by atoms with Gasteiger partial charge >= 0.3 is 0 Å². The average Bonchev–Trinajstić information content (AvgIpc) is 2.27. The van der Waals surface area contributed by atoms with Gasteiger partial charge < -0.3 is 0 Å². The molecule has 0 nitrogen and oxygen atoms in total. The van der Waals surface area contributed by atoms with E-state index in [1.807, 2.05) is 0 Å². The van der Waals surface area contributed by atoms with E-state index in [1.165, 1.54) is 11.1 Å². The van der Waals surface area contributed by atoms with Crippen molar-refractivity contribution < 1.29 is 0 Å². The van der Waals surface area contributed by atoms with Crippen LogP contribution in [0.3, 0.4) is 0 Å². The Kier molecular flexibility index (Phi) is 5.18. The number of hydrogen-bond acceptors (Lipinski definition) is 0. The second kappa shape index (κ2) is 5.92. The van der Waals surface area contributed by atoms with Gasteiger partial charge in [-0.15, -0.1) is 0 Å². The predicted octanol–water partition coefficient (Wildman–Crippen LogP) is 5.38. The fourth-order valence-corrected chi connectivity index (χ4v) is 2.36. The molecule has 0 aliphatic rings. The number of alkyl halides is 2. The van der Waals surface area contributed by atoms with Crippen LogP contribution in [0, 0.1) is 0 Å². The largest absolute Gasteiger partial charge is 0.0839 e. The lowest BCUT2D eigenvalue weighted by Gasteiger charge is -2.16. The molecule has 0 N–H and O–H groups in total. The smallest absolute Gasteiger partial charge is 0.0395 e. The Hall–Kier alpha value is 0.180. The van der Waals surface area contributed by atoms with Crippen LogP contribution in [0.1, 0.15) is 47.5 Å². The lowest BCUT2D eigenvalue weighted by molar-refractivity contribution is 0.850. The topological polar surface area (TPSA) is 0 Å². The van der Waals surface area contributed by atoms with Gasteiger partial charge in [0.1, 0.15) is 0 Å². The highest BCUT2D eigenvalue weighted by Gasteiger charge is 2.14. The third-order valence-electron chi connectivity index (χ3n) is 2.39. The number of benzene rings is 1. The first-order valence-electron chi connectivity index (χ1n) is 5.07. The molecule has 0 saturated heterocycles. The first-order chi connectivity index (χ1) is 6.70. The molecule has 2 atom stereocenters. The maximum Gasteiger partial charge on any atom is 0.0395 e. The molecule has 1 aromatic rings. The summed E-state index contributed by atoms with van der Waals surface area (Å²) in [4.78, 5) is 0.954. The van der Waals surface area contributed by atoms with Gasteiger partial charge in [-0.05, 0) is 24.0 Å². The SMILES string of the molecule is CCC(Br)c1ccccc1C(Br)CC. The van der Waals surface area contributed by atoms with Crippen LogP contribution in [0.15, 0.2) is 24.3 Å². The Bertz CT molecular complexity index is 254. The molecule has 1 aromatic carbocycles. The van der Waals surface area contributed by atoms with Crippen molar-refractivity contribution in [2.75, 3.05) is 0 Å². The summed E-state index contributed by atoms with van der Waals surface area (Å²) in [5.41, 5.74) is 2.83. The zero-order valence-electron chi connectivity index (χ0n) is 8.63. The Morgan fingerprint density at radius 3 is 1.57 bits per heavy atom. The van der Waals surface area contributed by atoms with E-state index in [0.29, 0.717) is 9.65 Å². The summed E-state index contributed by atoms with van der Waals surface area (Å²) in [6, 6.07) is 8.64. The highest BCUT2D eigenvalue weighted by atomic mass is 79.9. The van der Waals surface area contributed by atoms with Crippen molar-refractivity contribution in [3.05, 3.63) is 35.4 Å². The predicted molar refractivity (Wildman–Crippen MR) is 70.4 cm³/mol. The molecular formula is C12H16Br2. The summed E-state index contributed by atoms with van der Waals surface area (Å²) in [6.45, 7) is 4.40. The van der Waals surface area contributed by atoms with Crippen molar-refractivity contribution in [1.82, 2.24) is 0 Å². The van der Waals surface area contributed by atoms with Crippen LogP contribution in [-0.4, -0.2) is 0 Å². The molecule has 0 radical (unpaired) electrons. The van der Waals surface area contributed by atoms with Gasteiger partial charge in [0.25, 0.3) is 0 Å². The summed E-state index contributed by atoms with van der Waals surface area (Å²) in [5, 5.41) is 0. The zero-order chi connectivity index (χ0) is 10.6. The minimum absolute atomic E-state index is 0.477. The molecule has 0 aromatic heterocycles. The summed E-state index contributed by atoms with van der Waals surface area (Å²) in [6.07, 6.45) is 2.25. The fourth-order valence-electron chi connectivity index (χ4n) is 1.52. The van der Waals surface area contributed by atoms with E-state index in [0.717, 1.165) is 12.8 Å². The molecule has 0 fully saturated rings. The normalized spacial score (nSPS) is 15.1. The van der Waals surface area contributed by atoms with Gasteiger partial charge in [0, 0.05) is 9.65 Å². The molecule has 0 spiro atoms. The Morgan fingerprint density at radius 2 is 1.29 bits per heavy atom. The van der Waals surface area contributed by atoms with Crippen molar-refractivity contribution in [1.29, 1.82) is 0 Å².